The molecule has 0 radical (unpaired) electrons. The molecule has 3 aromatic heterocycles. The predicted octanol–water partition coefficient (Wildman–Crippen LogP) is 2.66. The largest absolute Gasteiger partial charge is 0.383 e. The van der Waals surface area contributed by atoms with Crippen molar-refractivity contribution >= 4 is 16.9 Å². The Morgan fingerprint density at radius 2 is 1.64 bits per heavy atom. The van der Waals surface area contributed by atoms with Crippen molar-refractivity contribution in [1.82, 2.24) is 25.4 Å². The first-order valence-electron chi connectivity index (χ1n) is 6.80. The fourth-order valence-electron chi connectivity index (χ4n) is 2.53. The molecule has 0 atom stereocenters. The number of fused-ring (bicyclic) bond motifs is 1. The van der Waals surface area contributed by atoms with Crippen LogP contribution < -0.4 is 5.73 Å². The molecule has 0 aliphatic carbocycles. The highest BCUT2D eigenvalue weighted by molar-refractivity contribution is 6.04. The Balaban J connectivity index is 2.11. The molecule has 0 saturated carbocycles. The molecular formula is C16H12N6. The lowest BCUT2D eigenvalue weighted by molar-refractivity contribution is 1.03. The standard InChI is InChI=1S/C16H12N6/c17-15-13-12(10-4-2-1-3-5-10)14(11-6-8-18-9-7-11)19-21-16(13)22-20-15/h1-9H,(H3,17,20,21,22). The first-order chi connectivity index (χ1) is 10.8. The zero-order chi connectivity index (χ0) is 14.9. The van der Waals surface area contributed by atoms with Gasteiger partial charge in [-0.2, -0.15) is 5.10 Å². The molecule has 106 valence electrons. The second-order valence-electron chi connectivity index (χ2n) is 4.86. The number of pyridine rings is 1. The molecule has 1 aromatic carbocycles. The maximum absolute atomic E-state index is 6.06. The monoisotopic (exact) mass is 288 g/mol. The number of aromatic amines is 1. The summed E-state index contributed by atoms with van der Waals surface area (Å²) in [4.78, 5) is 4.05. The van der Waals surface area contributed by atoms with E-state index in [4.69, 9.17) is 5.73 Å². The number of nitrogen functional groups attached to an aromatic ring is 1. The molecule has 3 N–H and O–H groups in total. The van der Waals surface area contributed by atoms with E-state index in [1.54, 1.807) is 12.4 Å². The Morgan fingerprint density at radius 3 is 2.41 bits per heavy atom. The maximum atomic E-state index is 6.06. The number of hydrogen-bond donors (Lipinski definition) is 2. The topological polar surface area (TPSA) is 93.4 Å². The number of rotatable bonds is 2. The number of nitrogens with zero attached hydrogens (tertiary/aromatic N) is 4. The SMILES string of the molecule is Nc1[nH]nc2nnc(-c3ccncc3)c(-c3ccccc3)c12. The van der Waals surface area contributed by atoms with Gasteiger partial charge >= 0.3 is 0 Å². The maximum Gasteiger partial charge on any atom is 0.205 e. The lowest BCUT2D eigenvalue weighted by atomic mass is 9.98. The van der Waals surface area contributed by atoms with Gasteiger partial charge in [0.25, 0.3) is 0 Å². The summed E-state index contributed by atoms with van der Waals surface area (Å²) in [5.74, 6) is 0.485. The van der Waals surface area contributed by atoms with E-state index in [0.717, 1.165) is 27.8 Å². The minimum Gasteiger partial charge on any atom is -0.383 e. The van der Waals surface area contributed by atoms with Gasteiger partial charge in [0.2, 0.25) is 5.65 Å². The fraction of sp³-hybridized carbons (Fsp3) is 0. The van der Waals surface area contributed by atoms with Crippen molar-refractivity contribution in [1.29, 1.82) is 0 Å². The van der Waals surface area contributed by atoms with Gasteiger partial charge in [-0.3, -0.25) is 10.1 Å². The van der Waals surface area contributed by atoms with Gasteiger partial charge in [-0.1, -0.05) is 30.3 Å². The van der Waals surface area contributed by atoms with Gasteiger partial charge in [0.1, 0.15) is 11.5 Å². The van der Waals surface area contributed by atoms with Crippen LogP contribution in [0.15, 0.2) is 54.9 Å². The fourth-order valence-corrected chi connectivity index (χ4v) is 2.53. The van der Waals surface area contributed by atoms with Crippen LogP contribution in [0, 0.1) is 0 Å². The van der Waals surface area contributed by atoms with Crippen LogP contribution in [0.4, 0.5) is 5.82 Å². The van der Waals surface area contributed by atoms with Gasteiger partial charge in [0, 0.05) is 23.5 Å². The molecule has 3 heterocycles. The third kappa shape index (κ3) is 1.89. The van der Waals surface area contributed by atoms with Crippen LogP contribution in [-0.4, -0.2) is 25.4 Å². The summed E-state index contributed by atoms with van der Waals surface area (Å²) in [6, 6.07) is 13.8. The van der Waals surface area contributed by atoms with Gasteiger partial charge in [-0.05, 0) is 17.7 Å². The molecule has 0 unspecified atom stereocenters. The van der Waals surface area contributed by atoms with Crippen molar-refractivity contribution < 1.29 is 0 Å². The van der Waals surface area contributed by atoms with Gasteiger partial charge in [-0.25, -0.2) is 0 Å². The van der Waals surface area contributed by atoms with Crippen LogP contribution in [0.25, 0.3) is 33.4 Å². The Kier molecular flexibility index (Phi) is 2.79. The third-order valence-corrected chi connectivity index (χ3v) is 3.52. The molecule has 6 nitrogen and oxygen atoms in total. The average molecular weight is 288 g/mol. The lowest BCUT2D eigenvalue weighted by Crippen LogP contribution is -1.96. The van der Waals surface area contributed by atoms with Crippen molar-refractivity contribution in [3.8, 4) is 22.4 Å². The zero-order valence-corrected chi connectivity index (χ0v) is 11.6. The van der Waals surface area contributed by atoms with Crippen LogP contribution in [-0.2, 0) is 0 Å². The summed E-state index contributed by atoms with van der Waals surface area (Å²) in [5.41, 5.74) is 10.2. The first kappa shape index (κ1) is 12.5. The van der Waals surface area contributed by atoms with Crippen LogP contribution >= 0.6 is 0 Å². The van der Waals surface area contributed by atoms with E-state index >= 15 is 0 Å². The number of hydrogen-bond acceptors (Lipinski definition) is 5. The van der Waals surface area contributed by atoms with Crippen molar-refractivity contribution in [2.45, 2.75) is 0 Å². The van der Waals surface area contributed by atoms with E-state index < -0.39 is 0 Å². The van der Waals surface area contributed by atoms with Crippen LogP contribution in [0.3, 0.4) is 0 Å². The van der Waals surface area contributed by atoms with Crippen molar-refractivity contribution in [2.24, 2.45) is 0 Å². The molecule has 4 rings (SSSR count). The molecular weight excluding hydrogens is 276 g/mol. The van der Waals surface area contributed by atoms with Gasteiger partial charge < -0.3 is 5.73 Å². The minimum atomic E-state index is 0.485. The quantitative estimate of drug-likeness (QED) is 0.591. The number of H-pyrrole nitrogens is 1. The van der Waals surface area contributed by atoms with E-state index in [-0.39, 0.29) is 0 Å². The lowest BCUT2D eigenvalue weighted by Gasteiger charge is -2.09. The Bertz CT molecular complexity index is 931. The van der Waals surface area contributed by atoms with E-state index in [1.807, 2.05) is 42.5 Å². The number of nitrogens with one attached hydrogen (secondary N) is 1. The second-order valence-corrected chi connectivity index (χ2v) is 4.86. The molecule has 4 aromatic rings. The van der Waals surface area contributed by atoms with Gasteiger partial charge in [0.05, 0.1) is 5.39 Å². The number of benzene rings is 1. The summed E-state index contributed by atoms with van der Waals surface area (Å²) in [7, 11) is 0. The molecule has 0 amide bonds. The highest BCUT2D eigenvalue weighted by atomic mass is 15.2. The minimum absolute atomic E-state index is 0.485. The molecule has 6 heteroatoms. The summed E-state index contributed by atoms with van der Waals surface area (Å²) in [5, 5.41) is 16.2. The molecule has 0 fully saturated rings. The van der Waals surface area contributed by atoms with E-state index in [2.05, 4.69) is 25.4 Å². The second kappa shape index (κ2) is 4.92. The van der Waals surface area contributed by atoms with Crippen molar-refractivity contribution in [2.75, 3.05) is 5.73 Å². The number of nitrogens with two attached hydrogens (primary N) is 1. The Labute approximate surface area is 126 Å². The molecule has 22 heavy (non-hydrogen) atoms. The summed E-state index contributed by atoms with van der Waals surface area (Å²) >= 11 is 0. The number of aromatic nitrogens is 5. The normalized spacial score (nSPS) is 10.9. The Morgan fingerprint density at radius 1 is 0.864 bits per heavy atom. The van der Waals surface area contributed by atoms with Crippen molar-refractivity contribution in [3.05, 3.63) is 54.9 Å². The summed E-state index contributed by atoms with van der Waals surface area (Å²) < 4.78 is 0. The van der Waals surface area contributed by atoms with Crippen molar-refractivity contribution in [3.63, 3.8) is 0 Å². The summed E-state index contributed by atoms with van der Waals surface area (Å²) in [6.07, 6.45) is 3.46. The predicted molar refractivity (Wildman–Crippen MR) is 84.8 cm³/mol. The molecule has 0 aliphatic heterocycles. The average Bonchev–Trinajstić information content (AvgIpc) is 2.97. The third-order valence-electron chi connectivity index (χ3n) is 3.52. The molecule has 0 saturated heterocycles. The highest BCUT2D eigenvalue weighted by Gasteiger charge is 2.18. The highest BCUT2D eigenvalue weighted by Crippen LogP contribution is 2.36. The van der Waals surface area contributed by atoms with E-state index in [9.17, 15) is 0 Å². The summed E-state index contributed by atoms with van der Waals surface area (Å²) in [6.45, 7) is 0. The van der Waals surface area contributed by atoms with Gasteiger partial charge in [0.15, 0.2) is 0 Å². The van der Waals surface area contributed by atoms with Crippen LogP contribution in [0.2, 0.25) is 0 Å². The zero-order valence-electron chi connectivity index (χ0n) is 11.6. The Hall–Kier alpha value is -3.28. The van der Waals surface area contributed by atoms with E-state index in [0.29, 0.717) is 11.5 Å². The van der Waals surface area contributed by atoms with Crippen LogP contribution in [0.5, 0.6) is 0 Å². The molecule has 0 spiro atoms. The van der Waals surface area contributed by atoms with Gasteiger partial charge in [-0.15, -0.1) is 10.2 Å². The van der Waals surface area contributed by atoms with Crippen LogP contribution in [0.1, 0.15) is 0 Å². The number of anilines is 1. The smallest absolute Gasteiger partial charge is 0.205 e. The molecule has 0 aliphatic rings. The van der Waals surface area contributed by atoms with E-state index in [1.165, 1.54) is 0 Å². The first-order valence-corrected chi connectivity index (χ1v) is 6.80. The molecule has 0 bridgehead atoms.